The Hall–Kier alpha value is -1.75. The summed E-state index contributed by atoms with van der Waals surface area (Å²) in [5.41, 5.74) is 2.02. The van der Waals surface area contributed by atoms with E-state index >= 15 is 0 Å². The Morgan fingerprint density at radius 3 is 2.71 bits per heavy atom. The van der Waals surface area contributed by atoms with Crippen molar-refractivity contribution in [2.75, 3.05) is 0 Å². The van der Waals surface area contributed by atoms with Crippen LogP contribution < -0.4 is 0 Å². The second-order valence-electron chi connectivity index (χ2n) is 4.90. The Bertz CT molecular complexity index is 568. The van der Waals surface area contributed by atoms with Crippen LogP contribution in [0.15, 0.2) is 30.5 Å². The summed E-state index contributed by atoms with van der Waals surface area (Å²) in [4.78, 5) is 0. The summed E-state index contributed by atoms with van der Waals surface area (Å²) in [6.45, 7) is 0. The van der Waals surface area contributed by atoms with Crippen LogP contribution in [-0.2, 0) is 0 Å². The number of rotatable bonds is 1. The van der Waals surface area contributed by atoms with E-state index in [1.165, 1.54) is 43.0 Å². The molecule has 1 heterocycles. The molecule has 0 saturated heterocycles. The first kappa shape index (κ1) is 10.4. The Morgan fingerprint density at radius 1 is 1.12 bits per heavy atom. The summed E-state index contributed by atoms with van der Waals surface area (Å²) >= 11 is 0. The average molecular weight is 224 g/mol. The van der Waals surface area contributed by atoms with E-state index in [-0.39, 0.29) is 0 Å². The van der Waals surface area contributed by atoms with E-state index in [0.29, 0.717) is 6.04 Å². The van der Waals surface area contributed by atoms with Crippen LogP contribution in [0, 0.1) is 11.3 Å². The van der Waals surface area contributed by atoms with Crippen molar-refractivity contribution < 1.29 is 0 Å². The van der Waals surface area contributed by atoms with Gasteiger partial charge in [-0.15, -0.1) is 0 Å². The highest BCUT2D eigenvalue weighted by atomic mass is 15.0. The van der Waals surface area contributed by atoms with Gasteiger partial charge in [-0.25, -0.2) is 0 Å². The zero-order valence-corrected chi connectivity index (χ0v) is 9.89. The molecule has 1 aliphatic rings. The molecule has 17 heavy (non-hydrogen) atoms. The van der Waals surface area contributed by atoms with E-state index in [1.807, 2.05) is 12.1 Å². The molecule has 0 atom stereocenters. The lowest BCUT2D eigenvalue weighted by atomic mass is 9.95. The molecule has 0 unspecified atom stereocenters. The van der Waals surface area contributed by atoms with Gasteiger partial charge >= 0.3 is 0 Å². The topological polar surface area (TPSA) is 28.7 Å². The number of hydrogen-bond acceptors (Lipinski definition) is 1. The van der Waals surface area contributed by atoms with Crippen LogP contribution in [0.3, 0.4) is 0 Å². The molecule has 2 nitrogen and oxygen atoms in total. The number of aromatic nitrogens is 1. The lowest BCUT2D eigenvalue weighted by Gasteiger charge is -2.24. The van der Waals surface area contributed by atoms with E-state index in [1.54, 1.807) is 0 Å². The fourth-order valence-electron chi connectivity index (χ4n) is 2.91. The highest BCUT2D eigenvalue weighted by molar-refractivity contribution is 5.81. The zero-order chi connectivity index (χ0) is 11.7. The van der Waals surface area contributed by atoms with E-state index < -0.39 is 0 Å². The summed E-state index contributed by atoms with van der Waals surface area (Å²) in [5.74, 6) is 0. The summed E-state index contributed by atoms with van der Waals surface area (Å²) in [5, 5.41) is 10.1. The molecule has 0 aliphatic heterocycles. The number of benzene rings is 1. The van der Waals surface area contributed by atoms with Crippen molar-refractivity contribution in [3.63, 3.8) is 0 Å². The quantitative estimate of drug-likeness (QED) is 0.719. The lowest BCUT2D eigenvalue weighted by molar-refractivity contribution is 0.361. The van der Waals surface area contributed by atoms with Crippen molar-refractivity contribution in [3.8, 4) is 6.07 Å². The predicted octanol–water partition coefficient (Wildman–Crippen LogP) is 4.02. The van der Waals surface area contributed by atoms with Crippen LogP contribution in [0.1, 0.15) is 43.7 Å². The summed E-state index contributed by atoms with van der Waals surface area (Å²) in [7, 11) is 0. The van der Waals surface area contributed by atoms with E-state index in [2.05, 4.69) is 29.0 Å². The van der Waals surface area contributed by atoms with Gasteiger partial charge in [0.05, 0.1) is 11.6 Å². The lowest BCUT2D eigenvalue weighted by Crippen LogP contribution is -2.11. The predicted molar refractivity (Wildman–Crippen MR) is 68.8 cm³/mol. The Kier molecular flexibility index (Phi) is 2.60. The molecule has 2 heteroatoms. The van der Waals surface area contributed by atoms with Crippen LogP contribution in [0.2, 0.25) is 0 Å². The smallest absolute Gasteiger partial charge is 0.0991 e. The van der Waals surface area contributed by atoms with Gasteiger partial charge in [0.15, 0.2) is 0 Å². The molecule has 0 N–H and O–H groups in total. The van der Waals surface area contributed by atoms with Crippen molar-refractivity contribution in [2.24, 2.45) is 0 Å². The molecule has 0 spiro atoms. The van der Waals surface area contributed by atoms with Crippen molar-refractivity contribution in [1.29, 1.82) is 5.26 Å². The molecule has 86 valence electrons. The molecule has 0 bridgehead atoms. The third-order valence-electron chi connectivity index (χ3n) is 3.82. The minimum Gasteiger partial charge on any atom is -0.344 e. The Morgan fingerprint density at radius 2 is 1.94 bits per heavy atom. The standard InChI is InChI=1S/C15H16N2/c16-11-12-6-7-15-13(10-12)8-9-17(15)14-4-2-1-3-5-14/h6-10,14H,1-5H2. The molecule has 1 aliphatic carbocycles. The first-order chi connectivity index (χ1) is 8.38. The van der Waals surface area contributed by atoms with Gasteiger partial charge in [-0.3, -0.25) is 0 Å². The fraction of sp³-hybridized carbons (Fsp3) is 0.400. The minimum atomic E-state index is 0.661. The highest BCUT2D eigenvalue weighted by Crippen LogP contribution is 2.31. The zero-order valence-electron chi connectivity index (χ0n) is 9.89. The second-order valence-corrected chi connectivity index (χ2v) is 4.90. The molecule has 1 aromatic heterocycles. The normalized spacial score (nSPS) is 17.1. The molecule has 3 rings (SSSR count). The van der Waals surface area contributed by atoms with Gasteiger partial charge < -0.3 is 4.57 Å². The summed E-state index contributed by atoms with van der Waals surface area (Å²) in [6.07, 6.45) is 8.85. The molecule has 2 aromatic rings. The van der Waals surface area contributed by atoms with Crippen molar-refractivity contribution in [1.82, 2.24) is 4.57 Å². The van der Waals surface area contributed by atoms with Gasteiger partial charge in [0.25, 0.3) is 0 Å². The van der Waals surface area contributed by atoms with Crippen molar-refractivity contribution in [2.45, 2.75) is 38.1 Å². The number of hydrogen-bond donors (Lipinski definition) is 0. The third kappa shape index (κ3) is 1.82. The fourth-order valence-corrected chi connectivity index (χ4v) is 2.91. The first-order valence-electron chi connectivity index (χ1n) is 6.39. The maximum absolute atomic E-state index is 8.90. The molecular weight excluding hydrogens is 208 g/mol. The van der Waals surface area contributed by atoms with Crippen molar-refractivity contribution in [3.05, 3.63) is 36.0 Å². The average Bonchev–Trinajstić information content (AvgIpc) is 2.82. The molecule has 1 aromatic carbocycles. The van der Waals surface area contributed by atoms with Gasteiger partial charge in [-0.1, -0.05) is 19.3 Å². The SMILES string of the molecule is N#Cc1ccc2c(ccn2C2CCCCC2)c1. The summed E-state index contributed by atoms with van der Waals surface area (Å²) < 4.78 is 2.40. The minimum absolute atomic E-state index is 0.661. The molecule has 1 fully saturated rings. The highest BCUT2D eigenvalue weighted by Gasteiger charge is 2.16. The van der Waals surface area contributed by atoms with Crippen LogP contribution in [0.5, 0.6) is 0 Å². The number of nitriles is 1. The number of fused-ring (bicyclic) bond motifs is 1. The van der Waals surface area contributed by atoms with Gasteiger partial charge in [-0.05, 0) is 37.1 Å². The first-order valence-corrected chi connectivity index (χ1v) is 6.39. The molecule has 0 amide bonds. The van der Waals surface area contributed by atoms with Crippen LogP contribution >= 0.6 is 0 Å². The van der Waals surface area contributed by atoms with Crippen LogP contribution in [-0.4, -0.2) is 4.57 Å². The maximum Gasteiger partial charge on any atom is 0.0991 e. The van der Waals surface area contributed by atoms with Crippen LogP contribution in [0.4, 0.5) is 0 Å². The number of nitrogens with zero attached hydrogens (tertiary/aromatic N) is 2. The van der Waals surface area contributed by atoms with Crippen LogP contribution in [0.25, 0.3) is 10.9 Å². The van der Waals surface area contributed by atoms with Gasteiger partial charge in [0.1, 0.15) is 0 Å². The molecule has 0 radical (unpaired) electrons. The largest absolute Gasteiger partial charge is 0.344 e. The van der Waals surface area contributed by atoms with E-state index in [0.717, 1.165) is 5.56 Å². The maximum atomic E-state index is 8.90. The van der Waals surface area contributed by atoms with E-state index in [4.69, 9.17) is 5.26 Å². The summed E-state index contributed by atoms with van der Waals surface area (Å²) in [6, 6.07) is 11.0. The van der Waals surface area contributed by atoms with Gasteiger partial charge in [0.2, 0.25) is 0 Å². The van der Waals surface area contributed by atoms with Gasteiger partial charge in [-0.2, -0.15) is 5.26 Å². The molecule has 1 saturated carbocycles. The van der Waals surface area contributed by atoms with Gasteiger partial charge in [0, 0.05) is 23.1 Å². The Balaban J connectivity index is 2.03. The Labute approximate surface area is 101 Å². The molecular formula is C15H16N2. The second kappa shape index (κ2) is 4.25. The monoisotopic (exact) mass is 224 g/mol. The third-order valence-corrected chi connectivity index (χ3v) is 3.82. The van der Waals surface area contributed by atoms with Crippen molar-refractivity contribution >= 4 is 10.9 Å². The van der Waals surface area contributed by atoms with E-state index in [9.17, 15) is 0 Å².